The van der Waals surface area contributed by atoms with E-state index in [1.807, 2.05) is 0 Å². The molecule has 18 heavy (non-hydrogen) atoms. The van der Waals surface area contributed by atoms with E-state index in [1.54, 1.807) is 17.9 Å². The molecule has 0 spiro atoms. The van der Waals surface area contributed by atoms with E-state index < -0.39 is 4.92 Å². The number of nitrogens with zero attached hydrogens (tertiary/aromatic N) is 4. The number of nitrogen functional groups attached to an aromatic ring is 1. The first-order valence-electron chi connectivity index (χ1n) is 5.18. The summed E-state index contributed by atoms with van der Waals surface area (Å²) in [6.07, 6.45) is 3.02. The van der Waals surface area contributed by atoms with Gasteiger partial charge in [-0.2, -0.15) is 5.10 Å². The van der Waals surface area contributed by atoms with Crippen molar-refractivity contribution in [2.24, 2.45) is 7.05 Å². The van der Waals surface area contributed by atoms with Crippen LogP contribution in [0.4, 0.5) is 17.3 Å². The molecule has 2 rings (SSSR count). The monoisotopic (exact) mass is 248 g/mol. The Morgan fingerprint density at radius 2 is 2.39 bits per heavy atom. The molecule has 94 valence electrons. The fourth-order valence-electron chi connectivity index (χ4n) is 1.44. The molecule has 8 nitrogen and oxygen atoms in total. The van der Waals surface area contributed by atoms with Crippen LogP contribution in [0.5, 0.6) is 0 Å². The lowest BCUT2D eigenvalue weighted by molar-refractivity contribution is -0.384. The average molecular weight is 248 g/mol. The maximum absolute atomic E-state index is 10.6. The van der Waals surface area contributed by atoms with Gasteiger partial charge in [0.15, 0.2) is 0 Å². The van der Waals surface area contributed by atoms with Gasteiger partial charge in [-0.05, 0) is 0 Å². The van der Waals surface area contributed by atoms with Crippen molar-refractivity contribution < 1.29 is 4.92 Å². The minimum Gasteiger partial charge on any atom is -0.384 e. The number of hydrogen-bond acceptors (Lipinski definition) is 6. The quantitative estimate of drug-likeness (QED) is 0.614. The zero-order valence-electron chi connectivity index (χ0n) is 9.70. The summed E-state index contributed by atoms with van der Waals surface area (Å²) in [4.78, 5) is 14.1. The van der Waals surface area contributed by atoms with Gasteiger partial charge < -0.3 is 11.1 Å². The molecule has 0 aromatic carbocycles. The molecular weight excluding hydrogens is 236 g/mol. The molecule has 8 heteroatoms. The van der Waals surface area contributed by atoms with Gasteiger partial charge in [-0.15, -0.1) is 0 Å². The highest BCUT2D eigenvalue weighted by Gasteiger charge is 2.08. The normalized spacial score (nSPS) is 10.3. The van der Waals surface area contributed by atoms with E-state index in [0.29, 0.717) is 18.2 Å². The SMILES string of the molecule is Cn1ncc(CNc2cc([N+](=O)[O-])ccn2)c1N. The molecule has 0 atom stereocenters. The van der Waals surface area contributed by atoms with Crippen LogP contribution in [0.25, 0.3) is 0 Å². The second-order valence-electron chi connectivity index (χ2n) is 3.69. The van der Waals surface area contributed by atoms with Crippen molar-refractivity contribution in [1.82, 2.24) is 14.8 Å². The number of nitrogens with one attached hydrogen (secondary N) is 1. The van der Waals surface area contributed by atoms with Gasteiger partial charge in [-0.25, -0.2) is 4.98 Å². The predicted molar refractivity (Wildman–Crippen MR) is 65.8 cm³/mol. The van der Waals surface area contributed by atoms with E-state index in [4.69, 9.17) is 5.73 Å². The van der Waals surface area contributed by atoms with Crippen LogP contribution in [0.2, 0.25) is 0 Å². The van der Waals surface area contributed by atoms with Crippen molar-refractivity contribution in [2.75, 3.05) is 11.1 Å². The lowest BCUT2D eigenvalue weighted by atomic mass is 10.3. The summed E-state index contributed by atoms with van der Waals surface area (Å²) in [6.45, 7) is 0.411. The smallest absolute Gasteiger partial charge is 0.274 e. The second kappa shape index (κ2) is 4.70. The molecule has 0 aliphatic rings. The molecule has 3 N–H and O–H groups in total. The molecule has 0 fully saturated rings. The largest absolute Gasteiger partial charge is 0.384 e. The Kier molecular flexibility index (Phi) is 3.09. The molecule has 0 aliphatic heterocycles. The Morgan fingerprint density at radius 1 is 1.61 bits per heavy atom. The molecular formula is C10H12N6O2. The number of rotatable bonds is 4. The van der Waals surface area contributed by atoms with Gasteiger partial charge in [0.25, 0.3) is 5.69 Å². The molecule has 0 unspecified atom stereocenters. The zero-order valence-corrected chi connectivity index (χ0v) is 9.70. The van der Waals surface area contributed by atoms with Gasteiger partial charge in [0.1, 0.15) is 11.6 Å². The molecule has 2 heterocycles. The Morgan fingerprint density at radius 3 is 3.00 bits per heavy atom. The lowest BCUT2D eigenvalue weighted by Gasteiger charge is -2.04. The van der Waals surface area contributed by atoms with Gasteiger partial charge in [-0.1, -0.05) is 0 Å². The number of aromatic nitrogens is 3. The maximum atomic E-state index is 10.6. The highest BCUT2D eigenvalue weighted by molar-refractivity contribution is 5.46. The van der Waals surface area contributed by atoms with E-state index >= 15 is 0 Å². The van der Waals surface area contributed by atoms with E-state index in [2.05, 4.69) is 15.4 Å². The van der Waals surface area contributed by atoms with Crippen LogP contribution in [0.1, 0.15) is 5.56 Å². The summed E-state index contributed by atoms with van der Waals surface area (Å²) in [6, 6.07) is 2.70. The van der Waals surface area contributed by atoms with Crippen molar-refractivity contribution >= 4 is 17.3 Å². The third-order valence-corrected chi connectivity index (χ3v) is 2.48. The number of nitrogens with two attached hydrogens (primary N) is 1. The molecule has 0 aliphatic carbocycles. The molecule has 0 saturated carbocycles. The number of aryl methyl sites for hydroxylation is 1. The van der Waals surface area contributed by atoms with E-state index in [0.717, 1.165) is 5.56 Å². The summed E-state index contributed by atoms with van der Waals surface area (Å²) in [5.41, 5.74) is 6.58. The Balaban J connectivity index is 2.08. The number of hydrogen-bond donors (Lipinski definition) is 2. The molecule has 0 amide bonds. The maximum Gasteiger partial charge on any atom is 0.274 e. The number of pyridine rings is 1. The Bertz CT molecular complexity index is 579. The van der Waals surface area contributed by atoms with E-state index in [1.165, 1.54) is 18.3 Å². The summed E-state index contributed by atoms with van der Waals surface area (Å²) < 4.78 is 1.55. The van der Waals surface area contributed by atoms with Crippen LogP contribution in [-0.4, -0.2) is 19.7 Å². The van der Waals surface area contributed by atoms with Crippen LogP contribution < -0.4 is 11.1 Å². The van der Waals surface area contributed by atoms with Gasteiger partial charge in [0.2, 0.25) is 0 Å². The van der Waals surface area contributed by atoms with Crippen LogP contribution in [-0.2, 0) is 13.6 Å². The Labute approximate surface area is 103 Å². The fraction of sp³-hybridized carbons (Fsp3) is 0.200. The lowest BCUT2D eigenvalue weighted by Crippen LogP contribution is -2.05. The van der Waals surface area contributed by atoms with Crippen LogP contribution in [0.3, 0.4) is 0 Å². The van der Waals surface area contributed by atoms with Crippen LogP contribution in [0, 0.1) is 10.1 Å². The van der Waals surface area contributed by atoms with Crippen molar-refractivity contribution in [2.45, 2.75) is 6.54 Å². The Hall–Kier alpha value is -2.64. The van der Waals surface area contributed by atoms with E-state index in [-0.39, 0.29) is 5.69 Å². The van der Waals surface area contributed by atoms with Crippen molar-refractivity contribution in [3.8, 4) is 0 Å². The number of anilines is 2. The molecule has 0 saturated heterocycles. The number of nitro groups is 1. The van der Waals surface area contributed by atoms with Crippen LogP contribution >= 0.6 is 0 Å². The fourth-order valence-corrected chi connectivity index (χ4v) is 1.44. The second-order valence-corrected chi connectivity index (χ2v) is 3.69. The zero-order chi connectivity index (χ0) is 13.1. The van der Waals surface area contributed by atoms with Gasteiger partial charge in [0.05, 0.1) is 17.2 Å². The van der Waals surface area contributed by atoms with Gasteiger partial charge in [0, 0.05) is 31.4 Å². The van der Waals surface area contributed by atoms with Crippen LogP contribution in [0.15, 0.2) is 24.5 Å². The molecule has 0 bridgehead atoms. The van der Waals surface area contributed by atoms with Crippen molar-refractivity contribution in [3.63, 3.8) is 0 Å². The minimum atomic E-state index is -0.467. The summed E-state index contributed by atoms with van der Waals surface area (Å²) in [7, 11) is 1.74. The molecule has 0 radical (unpaired) electrons. The molecule has 2 aromatic heterocycles. The van der Waals surface area contributed by atoms with Crippen molar-refractivity contribution in [3.05, 3.63) is 40.2 Å². The first-order valence-corrected chi connectivity index (χ1v) is 5.18. The first-order chi connectivity index (χ1) is 8.58. The predicted octanol–water partition coefficient (Wildman–Crippen LogP) is 0.918. The van der Waals surface area contributed by atoms with Gasteiger partial charge >= 0.3 is 0 Å². The van der Waals surface area contributed by atoms with Crippen molar-refractivity contribution in [1.29, 1.82) is 0 Å². The summed E-state index contributed by atoms with van der Waals surface area (Å²) in [5, 5.41) is 17.6. The highest BCUT2D eigenvalue weighted by Crippen LogP contribution is 2.16. The minimum absolute atomic E-state index is 0.00772. The van der Waals surface area contributed by atoms with Gasteiger partial charge in [-0.3, -0.25) is 14.8 Å². The summed E-state index contributed by atoms with van der Waals surface area (Å²) in [5.74, 6) is 0.973. The standard InChI is InChI=1S/C10H12N6O2/c1-15-10(11)7(6-14-15)5-13-9-4-8(16(17)18)2-3-12-9/h2-4,6H,5,11H2,1H3,(H,12,13). The van der Waals surface area contributed by atoms with E-state index in [9.17, 15) is 10.1 Å². The molecule has 2 aromatic rings. The first kappa shape index (κ1) is 11.8. The third-order valence-electron chi connectivity index (χ3n) is 2.48. The third kappa shape index (κ3) is 2.37. The topological polar surface area (TPSA) is 112 Å². The average Bonchev–Trinajstić information content (AvgIpc) is 2.68. The summed E-state index contributed by atoms with van der Waals surface area (Å²) >= 11 is 0. The highest BCUT2D eigenvalue weighted by atomic mass is 16.6.